The zero-order valence-electron chi connectivity index (χ0n) is 7.91. The Labute approximate surface area is 84.1 Å². The largest absolute Gasteiger partial charge is 0.366 e. The van der Waals surface area contributed by atoms with Crippen LogP contribution >= 0.6 is 0 Å². The van der Waals surface area contributed by atoms with Gasteiger partial charge in [0.15, 0.2) is 5.69 Å². The zero-order chi connectivity index (χ0) is 11.6. The standard InChI is InChI=1S/C8H9F2N3O2/c1-4-2-5(7(9)10)6(3-11)12-8(4)13(14)15/h2,7H,3,11H2,1H3. The van der Waals surface area contributed by atoms with Crippen LogP contribution in [0.25, 0.3) is 0 Å². The van der Waals surface area contributed by atoms with Gasteiger partial charge < -0.3 is 15.8 Å². The van der Waals surface area contributed by atoms with Crippen molar-refractivity contribution in [3.63, 3.8) is 0 Å². The van der Waals surface area contributed by atoms with Gasteiger partial charge in [-0.3, -0.25) is 0 Å². The first kappa shape index (κ1) is 11.4. The molecule has 0 radical (unpaired) electrons. The molecule has 0 aliphatic heterocycles. The second-order valence-corrected chi connectivity index (χ2v) is 2.93. The lowest BCUT2D eigenvalue weighted by Crippen LogP contribution is -2.08. The average molecular weight is 217 g/mol. The summed E-state index contributed by atoms with van der Waals surface area (Å²) in [5.41, 5.74) is 4.81. The number of hydrogen-bond acceptors (Lipinski definition) is 4. The molecular formula is C8H9F2N3O2. The number of nitrogens with zero attached hydrogens (tertiary/aromatic N) is 2. The normalized spacial score (nSPS) is 10.7. The van der Waals surface area contributed by atoms with Crippen LogP contribution in [0.15, 0.2) is 6.07 Å². The van der Waals surface area contributed by atoms with E-state index in [1.807, 2.05) is 0 Å². The van der Waals surface area contributed by atoms with Crippen molar-refractivity contribution in [1.82, 2.24) is 4.98 Å². The van der Waals surface area contributed by atoms with Gasteiger partial charge in [-0.25, -0.2) is 8.78 Å². The summed E-state index contributed by atoms with van der Waals surface area (Å²) in [5, 5.41) is 10.5. The summed E-state index contributed by atoms with van der Waals surface area (Å²) in [6.45, 7) is 1.11. The molecule has 5 nitrogen and oxygen atoms in total. The number of nitro groups is 1. The van der Waals surface area contributed by atoms with Gasteiger partial charge in [0, 0.05) is 5.56 Å². The van der Waals surface area contributed by atoms with Crippen LogP contribution in [0.3, 0.4) is 0 Å². The minimum Gasteiger partial charge on any atom is -0.358 e. The predicted octanol–water partition coefficient (Wildman–Crippen LogP) is 1.69. The molecule has 1 aromatic heterocycles. The summed E-state index contributed by atoms with van der Waals surface area (Å²) in [5.74, 6) is -0.431. The molecule has 2 N–H and O–H groups in total. The first-order chi connectivity index (χ1) is 6.97. The van der Waals surface area contributed by atoms with Gasteiger partial charge >= 0.3 is 5.82 Å². The minimum atomic E-state index is -2.73. The fourth-order valence-electron chi connectivity index (χ4n) is 1.20. The van der Waals surface area contributed by atoms with Crippen LogP contribution in [0.1, 0.15) is 23.2 Å². The average Bonchev–Trinajstić information content (AvgIpc) is 2.16. The number of aryl methyl sites for hydroxylation is 1. The van der Waals surface area contributed by atoms with Gasteiger partial charge in [0.1, 0.15) is 0 Å². The van der Waals surface area contributed by atoms with E-state index in [2.05, 4.69) is 4.98 Å². The Morgan fingerprint density at radius 2 is 2.27 bits per heavy atom. The molecule has 1 heterocycles. The van der Waals surface area contributed by atoms with E-state index in [0.29, 0.717) is 0 Å². The molecule has 0 atom stereocenters. The number of alkyl halides is 2. The van der Waals surface area contributed by atoms with Crippen LogP contribution in [0, 0.1) is 17.0 Å². The van der Waals surface area contributed by atoms with E-state index in [0.717, 1.165) is 6.07 Å². The molecule has 0 saturated heterocycles. The maximum Gasteiger partial charge on any atom is 0.366 e. The molecule has 0 unspecified atom stereocenters. The third-order valence-corrected chi connectivity index (χ3v) is 1.90. The van der Waals surface area contributed by atoms with E-state index < -0.39 is 17.2 Å². The summed E-state index contributed by atoms with van der Waals surface area (Å²) in [7, 11) is 0. The Kier molecular flexibility index (Phi) is 3.25. The van der Waals surface area contributed by atoms with Gasteiger partial charge in [-0.1, -0.05) is 0 Å². The molecule has 15 heavy (non-hydrogen) atoms. The van der Waals surface area contributed by atoms with Crippen LogP contribution < -0.4 is 5.73 Å². The molecule has 82 valence electrons. The molecule has 0 fully saturated rings. The van der Waals surface area contributed by atoms with Gasteiger partial charge in [-0.15, -0.1) is 0 Å². The first-order valence-corrected chi connectivity index (χ1v) is 4.10. The number of nitrogens with two attached hydrogens (primary N) is 1. The van der Waals surface area contributed by atoms with Crippen LogP contribution in [0.4, 0.5) is 14.6 Å². The summed E-state index contributed by atoms with van der Waals surface area (Å²) in [6.07, 6.45) is -2.73. The quantitative estimate of drug-likeness (QED) is 0.617. The molecule has 0 aliphatic carbocycles. The van der Waals surface area contributed by atoms with Crippen molar-refractivity contribution in [2.75, 3.05) is 0 Å². The Balaban J connectivity index is 3.35. The summed E-state index contributed by atoms with van der Waals surface area (Å²) >= 11 is 0. The van der Waals surface area contributed by atoms with Crippen molar-refractivity contribution in [3.8, 4) is 0 Å². The smallest absolute Gasteiger partial charge is 0.358 e. The SMILES string of the molecule is Cc1cc(C(F)F)c(CN)nc1[N+](=O)[O-]. The molecule has 0 amide bonds. The molecule has 0 aromatic carbocycles. The van der Waals surface area contributed by atoms with Gasteiger partial charge in [0.2, 0.25) is 0 Å². The van der Waals surface area contributed by atoms with E-state index >= 15 is 0 Å². The van der Waals surface area contributed by atoms with E-state index in [4.69, 9.17) is 5.73 Å². The van der Waals surface area contributed by atoms with E-state index in [9.17, 15) is 18.9 Å². The number of hydrogen-bond donors (Lipinski definition) is 1. The molecule has 0 saturated carbocycles. The summed E-state index contributed by atoms with van der Waals surface area (Å²) in [6, 6.07) is 1.05. The molecule has 0 bridgehead atoms. The van der Waals surface area contributed by atoms with Crippen molar-refractivity contribution in [3.05, 3.63) is 33.0 Å². The van der Waals surface area contributed by atoms with Crippen LogP contribution in [-0.4, -0.2) is 9.91 Å². The minimum absolute atomic E-state index is 0.104. The third-order valence-electron chi connectivity index (χ3n) is 1.90. The maximum absolute atomic E-state index is 12.5. The van der Waals surface area contributed by atoms with Crippen LogP contribution in [0.2, 0.25) is 0 Å². The second kappa shape index (κ2) is 4.26. The van der Waals surface area contributed by atoms with Crippen molar-refractivity contribution in [2.45, 2.75) is 19.9 Å². The van der Waals surface area contributed by atoms with Gasteiger partial charge in [-0.2, -0.15) is 0 Å². The highest BCUT2D eigenvalue weighted by Crippen LogP contribution is 2.26. The predicted molar refractivity (Wildman–Crippen MR) is 48.5 cm³/mol. The lowest BCUT2D eigenvalue weighted by atomic mass is 10.1. The number of rotatable bonds is 3. The fourth-order valence-corrected chi connectivity index (χ4v) is 1.20. The molecule has 0 aliphatic rings. The first-order valence-electron chi connectivity index (χ1n) is 4.10. The summed E-state index contributed by atoms with van der Waals surface area (Å²) in [4.78, 5) is 13.3. The highest BCUT2D eigenvalue weighted by Gasteiger charge is 2.23. The zero-order valence-corrected chi connectivity index (χ0v) is 7.91. The van der Waals surface area contributed by atoms with Crippen molar-refractivity contribution in [2.24, 2.45) is 5.73 Å². The van der Waals surface area contributed by atoms with Crippen LogP contribution in [-0.2, 0) is 6.54 Å². The maximum atomic E-state index is 12.5. The molecule has 1 rings (SSSR count). The fraction of sp³-hybridized carbons (Fsp3) is 0.375. The number of halogens is 2. The Bertz CT molecular complexity index is 396. The van der Waals surface area contributed by atoms with Crippen molar-refractivity contribution >= 4 is 5.82 Å². The Morgan fingerprint density at radius 1 is 1.67 bits per heavy atom. The topological polar surface area (TPSA) is 82.0 Å². The van der Waals surface area contributed by atoms with Gasteiger partial charge in [-0.05, 0) is 22.9 Å². The summed E-state index contributed by atoms with van der Waals surface area (Å²) < 4.78 is 24.9. The van der Waals surface area contributed by atoms with Crippen molar-refractivity contribution < 1.29 is 13.7 Å². The van der Waals surface area contributed by atoms with E-state index in [1.54, 1.807) is 0 Å². The monoisotopic (exact) mass is 217 g/mol. The van der Waals surface area contributed by atoms with Crippen molar-refractivity contribution in [1.29, 1.82) is 0 Å². The Morgan fingerprint density at radius 3 is 2.67 bits per heavy atom. The Hall–Kier alpha value is -1.63. The third kappa shape index (κ3) is 2.24. The lowest BCUT2D eigenvalue weighted by molar-refractivity contribution is -0.390. The van der Waals surface area contributed by atoms with Gasteiger partial charge in [0.05, 0.1) is 12.1 Å². The lowest BCUT2D eigenvalue weighted by Gasteiger charge is -2.04. The van der Waals surface area contributed by atoms with Gasteiger partial charge in [0.25, 0.3) is 6.43 Å². The number of aromatic nitrogens is 1. The molecule has 1 aromatic rings. The molecular weight excluding hydrogens is 208 g/mol. The van der Waals surface area contributed by atoms with Crippen LogP contribution in [0.5, 0.6) is 0 Å². The van der Waals surface area contributed by atoms with E-state index in [-0.39, 0.29) is 23.4 Å². The second-order valence-electron chi connectivity index (χ2n) is 2.93. The highest BCUT2D eigenvalue weighted by atomic mass is 19.3. The molecule has 0 spiro atoms. The highest BCUT2D eigenvalue weighted by molar-refractivity contribution is 5.38. The molecule has 7 heteroatoms. The number of pyridine rings is 1. The van der Waals surface area contributed by atoms with E-state index in [1.165, 1.54) is 6.92 Å².